The van der Waals surface area contributed by atoms with E-state index in [2.05, 4.69) is 4.98 Å². The zero-order valence-corrected chi connectivity index (χ0v) is 15.6. The second-order valence-electron chi connectivity index (χ2n) is 7.47. The number of nitrogens with zero attached hydrogens (tertiary/aromatic N) is 3. The summed E-state index contributed by atoms with van der Waals surface area (Å²) in [7, 11) is 1.75. The summed E-state index contributed by atoms with van der Waals surface area (Å²) >= 11 is 0. The summed E-state index contributed by atoms with van der Waals surface area (Å²) in [5.41, 5.74) is 3.56. The fraction of sp³-hybridized carbons (Fsp3) is 0.381. The van der Waals surface area contributed by atoms with Crippen molar-refractivity contribution < 1.29 is 14.3 Å². The van der Waals surface area contributed by atoms with Gasteiger partial charge in [0.25, 0.3) is 5.91 Å². The molecular formula is C21H23N3O3. The monoisotopic (exact) mass is 365 g/mol. The third-order valence-corrected chi connectivity index (χ3v) is 5.57. The van der Waals surface area contributed by atoms with E-state index in [0.717, 1.165) is 16.7 Å². The minimum Gasteiger partial charge on any atom is -0.441 e. The highest BCUT2D eigenvalue weighted by Gasteiger charge is 2.46. The third kappa shape index (κ3) is 3.27. The standard InChI is InChI=1S/C21H23N3O3/c1-15-13-22-10-7-18(15)16-3-5-17(6-4-16)19(25)24-11-8-21(9-12-24)14-23(2)20(26)27-21/h3-7,10,13H,8-9,11-12,14H2,1-2H3. The molecule has 2 aromatic rings. The minimum atomic E-state index is -0.425. The second kappa shape index (κ2) is 6.68. The number of pyridine rings is 1. The van der Waals surface area contributed by atoms with Crippen molar-refractivity contribution in [3.63, 3.8) is 0 Å². The molecule has 2 fully saturated rings. The van der Waals surface area contributed by atoms with Gasteiger partial charge < -0.3 is 14.5 Å². The molecule has 1 aromatic heterocycles. The zero-order chi connectivity index (χ0) is 19.0. The lowest BCUT2D eigenvalue weighted by molar-refractivity contribution is 0.00317. The number of carbonyl (C=O) groups is 2. The van der Waals surface area contributed by atoms with E-state index in [9.17, 15) is 9.59 Å². The van der Waals surface area contributed by atoms with Gasteiger partial charge in [-0.1, -0.05) is 12.1 Å². The smallest absolute Gasteiger partial charge is 0.410 e. The van der Waals surface area contributed by atoms with Gasteiger partial charge in [0, 0.05) is 50.9 Å². The van der Waals surface area contributed by atoms with Gasteiger partial charge in [-0.05, 0) is 41.8 Å². The number of amides is 2. The third-order valence-electron chi connectivity index (χ3n) is 5.57. The zero-order valence-electron chi connectivity index (χ0n) is 15.6. The van der Waals surface area contributed by atoms with Crippen LogP contribution in [0.15, 0.2) is 42.7 Å². The first-order chi connectivity index (χ1) is 13.0. The van der Waals surface area contributed by atoms with E-state index < -0.39 is 5.60 Å². The lowest BCUT2D eigenvalue weighted by Crippen LogP contribution is -2.48. The van der Waals surface area contributed by atoms with Gasteiger partial charge in [-0.3, -0.25) is 9.78 Å². The van der Waals surface area contributed by atoms with Crippen LogP contribution >= 0.6 is 0 Å². The van der Waals surface area contributed by atoms with Gasteiger partial charge in [0.15, 0.2) is 0 Å². The Kier molecular flexibility index (Phi) is 4.34. The first-order valence-electron chi connectivity index (χ1n) is 9.22. The van der Waals surface area contributed by atoms with Crippen molar-refractivity contribution in [3.05, 3.63) is 53.9 Å². The van der Waals surface area contributed by atoms with Crippen LogP contribution in [0.25, 0.3) is 11.1 Å². The number of piperidine rings is 1. The van der Waals surface area contributed by atoms with E-state index in [-0.39, 0.29) is 12.0 Å². The Hall–Kier alpha value is -2.89. The highest BCUT2D eigenvalue weighted by molar-refractivity contribution is 5.94. The van der Waals surface area contributed by atoms with Gasteiger partial charge in [0.2, 0.25) is 0 Å². The molecule has 0 radical (unpaired) electrons. The molecular weight excluding hydrogens is 342 g/mol. The number of aromatic nitrogens is 1. The number of hydrogen-bond donors (Lipinski definition) is 0. The minimum absolute atomic E-state index is 0.0283. The van der Waals surface area contributed by atoms with Crippen LogP contribution in [0.2, 0.25) is 0 Å². The molecule has 0 atom stereocenters. The maximum absolute atomic E-state index is 12.8. The average molecular weight is 365 g/mol. The molecule has 1 aromatic carbocycles. The number of carbonyl (C=O) groups excluding carboxylic acids is 2. The summed E-state index contributed by atoms with van der Waals surface area (Å²) in [5.74, 6) is 0.0283. The lowest BCUT2D eigenvalue weighted by Gasteiger charge is -2.37. The highest BCUT2D eigenvalue weighted by atomic mass is 16.6. The van der Waals surface area contributed by atoms with E-state index in [1.807, 2.05) is 48.4 Å². The molecule has 2 saturated heterocycles. The topological polar surface area (TPSA) is 62.7 Å². The number of likely N-dealkylation sites (tertiary alicyclic amines) is 1. The quantitative estimate of drug-likeness (QED) is 0.820. The molecule has 6 heteroatoms. The molecule has 140 valence electrons. The van der Waals surface area contributed by atoms with Crippen molar-refractivity contribution in [2.75, 3.05) is 26.7 Å². The number of ether oxygens (including phenoxy) is 1. The van der Waals surface area contributed by atoms with Crippen molar-refractivity contribution in [3.8, 4) is 11.1 Å². The predicted molar refractivity (Wildman–Crippen MR) is 101 cm³/mol. The maximum Gasteiger partial charge on any atom is 0.410 e. The van der Waals surface area contributed by atoms with Crippen LogP contribution in [0.3, 0.4) is 0 Å². The Morgan fingerprint density at radius 3 is 2.44 bits per heavy atom. The molecule has 3 heterocycles. The summed E-state index contributed by atoms with van der Waals surface area (Å²) in [4.78, 5) is 32.1. The maximum atomic E-state index is 12.8. The molecule has 4 rings (SSSR count). The Morgan fingerprint density at radius 1 is 1.15 bits per heavy atom. The van der Waals surface area contributed by atoms with Crippen LogP contribution in [0.5, 0.6) is 0 Å². The molecule has 2 aliphatic rings. The van der Waals surface area contributed by atoms with Gasteiger partial charge in [-0.15, -0.1) is 0 Å². The van der Waals surface area contributed by atoms with Crippen LogP contribution < -0.4 is 0 Å². The Bertz CT molecular complexity index is 870. The normalized spacial score (nSPS) is 18.7. The van der Waals surface area contributed by atoms with Gasteiger partial charge >= 0.3 is 6.09 Å². The molecule has 0 saturated carbocycles. The lowest BCUT2D eigenvalue weighted by atomic mass is 9.91. The summed E-state index contributed by atoms with van der Waals surface area (Å²) in [6, 6.07) is 9.70. The Morgan fingerprint density at radius 2 is 1.85 bits per heavy atom. The van der Waals surface area contributed by atoms with Crippen molar-refractivity contribution in [2.24, 2.45) is 0 Å². The number of hydrogen-bond acceptors (Lipinski definition) is 4. The number of benzene rings is 1. The van der Waals surface area contributed by atoms with Gasteiger partial charge in [-0.25, -0.2) is 4.79 Å². The van der Waals surface area contributed by atoms with E-state index >= 15 is 0 Å². The Labute approximate surface area is 158 Å². The van der Waals surface area contributed by atoms with Gasteiger partial charge in [0.1, 0.15) is 5.60 Å². The van der Waals surface area contributed by atoms with Crippen molar-refractivity contribution in [1.29, 1.82) is 0 Å². The molecule has 0 aliphatic carbocycles. The predicted octanol–water partition coefficient (Wildman–Crippen LogP) is 3.11. The van der Waals surface area contributed by atoms with Crippen molar-refractivity contribution in [1.82, 2.24) is 14.8 Å². The summed E-state index contributed by atoms with van der Waals surface area (Å²) < 4.78 is 5.56. The number of aryl methyl sites for hydroxylation is 1. The summed E-state index contributed by atoms with van der Waals surface area (Å²) in [5, 5.41) is 0. The van der Waals surface area contributed by atoms with Gasteiger partial charge in [0.05, 0.1) is 6.54 Å². The van der Waals surface area contributed by atoms with Crippen molar-refractivity contribution in [2.45, 2.75) is 25.4 Å². The number of rotatable bonds is 2. The summed E-state index contributed by atoms with van der Waals surface area (Å²) in [6.45, 7) is 3.84. The van der Waals surface area contributed by atoms with E-state index in [4.69, 9.17) is 4.74 Å². The van der Waals surface area contributed by atoms with Crippen LogP contribution in [-0.2, 0) is 4.74 Å². The van der Waals surface area contributed by atoms with Crippen LogP contribution in [0.4, 0.5) is 4.79 Å². The fourth-order valence-electron chi connectivity index (χ4n) is 3.94. The number of likely N-dealkylation sites (N-methyl/N-ethyl adjacent to an activating group) is 1. The first-order valence-corrected chi connectivity index (χ1v) is 9.22. The van der Waals surface area contributed by atoms with Crippen LogP contribution in [0, 0.1) is 6.92 Å². The van der Waals surface area contributed by atoms with E-state index in [0.29, 0.717) is 38.0 Å². The van der Waals surface area contributed by atoms with Gasteiger partial charge in [-0.2, -0.15) is 0 Å². The SMILES string of the molecule is Cc1cnccc1-c1ccc(C(=O)N2CCC3(CC2)CN(C)C(=O)O3)cc1. The van der Waals surface area contributed by atoms with Crippen LogP contribution in [0.1, 0.15) is 28.8 Å². The molecule has 27 heavy (non-hydrogen) atoms. The largest absolute Gasteiger partial charge is 0.441 e. The molecule has 6 nitrogen and oxygen atoms in total. The Balaban J connectivity index is 1.43. The highest BCUT2D eigenvalue weighted by Crippen LogP contribution is 2.33. The molecule has 2 amide bonds. The van der Waals surface area contributed by atoms with E-state index in [1.165, 1.54) is 0 Å². The second-order valence-corrected chi connectivity index (χ2v) is 7.47. The van der Waals surface area contributed by atoms with E-state index in [1.54, 1.807) is 18.1 Å². The summed E-state index contributed by atoms with van der Waals surface area (Å²) in [6.07, 6.45) is 4.71. The molecule has 2 aliphatic heterocycles. The fourth-order valence-corrected chi connectivity index (χ4v) is 3.94. The molecule has 1 spiro atoms. The van der Waals surface area contributed by atoms with Crippen LogP contribution in [-0.4, -0.2) is 59.1 Å². The molecule has 0 N–H and O–H groups in total. The average Bonchev–Trinajstić information content (AvgIpc) is 2.95. The first kappa shape index (κ1) is 17.5. The molecule has 0 bridgehead atoms. The van der Waals surface area contributed by atoms with Crippen molar-refractivity contribution >= 4 is 12.0 Å². The molecule has 0 unspecified atom stereocenters.